The van der Waals surface area contributed by atoms with Crippen molar-refractivity contribution in [3.63, 3.8) is 0 Å². The Hall–Kier alpha value is -0.370. The van der Waals surface area contributed by atoms with E-state index in [9.17, 15) is 9.59 Å². The topological polar surface area (TPSA) is 40.6 Å². The monoisotopic (exact) mass is 353 g/mol. The molecule has 0 aromatic heterocycles. The van der Waals surface area contributed by atoms with Gasteiger partial charge in [-0.15, -0.1) is 0 Å². The van der Waals surface area contributed by atoms with Crippen molar-refractivity contribution in [1.82, 2.24) is 9.80 Å². The van der Waals surface area contributed by atoms with Gasteiger partial charge in [0.2, 0.25) is 11.8 Å². The maximum absolute atomic E-state index is 11.5. The SMILES string of the molecule is CC(=O)N1CC[N+]2(C)CCN(C(C)=O)C2C1.[I-]. The van der Waals surface area contributed by atoms with E-state index in [0.717, 1.165) is 30.7 Å². The molecular formula is C11H20IN3O2. The lowest BCUT2D eigenvalue weighted by Crippen LogP contribution is -3.00. The zero-order valence-corrected chi connectivity index (χ0v) is 12.8. The Balaban J connectivity index is 0.00000144. The zero-order valence-electron chi connectivity index (χ0n) is 10.6. The second-order valence-corrected chi connectivity index (χ2v) is 5.08. The number of amides is 2. The van der Waals surface area contributed by atoms with Crippen LogP contribution in [-0.2, 0) is 9.59 Å². The summed E-state index contributed by atoms with van der Waals surface area (Å²) < 4.78 is 0.906. The molecule has 0 radical (unpaired) electrons. The second-order valence-electron chi connectivity index (χ2n) is 5.08. The minimum Gasteiger partial charge on any atom is -1.00 e. The quantitative estimate of drug-likeness (QED) is 0.335. The molecule has 0 bridgehead atoms. The van der Waals surface area contributed by atoms with E-state index >= 15 is 0 Å². The van der Waals surface area contributed by atoms with Gasteiger partial charge in [0, 0.05) is 13.8 Å². The highest BCUT2D eigenvalue weighted by Crippen LogP contribution is 2.26. The summed E-state index contributed by atoms with van der Waals surface area (Å²) in [6, 6.07) is 0. The summed E-state index contributed by atoms with van der Waals surface area (Å²) in [6.45, 7) is 7.50. The lowest BCUT2D eigenvalue weighted by molar-refractivity contribution is -0.929. The lowest BCUT2D eigenvalue weighted by atomic mass is 10.2. The summed E-state index contributed by atoms with van der Waals surface area (Å²) in [6.07, 6.45) is 0.162. The fraction of sp³-hybridized carbons (Fsp3) is 0.818. The number of fused-ring (bicyclic) bond motifs is 1. The Labute approximate surface area is 119 Å². The molecule has 2 unspecified atom stereocenters. The van der Waals surface area contributed by atoms with Crippen molar-refractivity contribution < 1.29 is 38.0 Å². The first-order valence-electron chi connectivity index (χ1n) is 5.81. The maximum atomic E-state index is 11.5. The van der Waals surface area contributed by atoms with Crippen molar-refractivity contribution in [2.24, 2.45) is 0 Å². The normalized spacial score (nSPS) is 31.8. The Morgan fingerprint density at radius 2 is 1.71 bits per heavy atom. The van der Waals surface area contributed by atoms with Crippen molar-refractivity contribution in [3.05, 3.63) is 0 Å². The molecule has 17 heavy (non-hydrogen) atoms. The molecule has 2 amide bonds. The van der Waals surface area contributed by atoms with Gasteiger partial charge in [-0.25, -0.2) is 0 Å². The molecule has 0 aromatic carbocycles. The third-order valence-electron chi connectivity index (χ3n) is 4.05. The first kappa shape index (κ1) is 14.7. The number of nitrogens with zero attached hydrogens (tertiary/aromatic N) is 3. The molecule has 2 aliphatic heterocycles. The third-order valence-corrected chi connectivity index (χ3v) is 4.05. The highest BCUT2D eigenvalue weighted by atomic mass is 127. The molecule has 5 nitrogen and oxygen atoms in total. The zero-order chi connectivity index (χ0) is 11.9. The van der Waals surface area contributed by atoms with E-state index in [1.807, 2.05) is 9.80 Å². The number of halogens is 1. The van der Waals surface area contributed by atoms with Crippen LogP contribution in [0.25, 0.3) is 0 Å². The van der Waals surface area contributed by atoms with E-state index in [-0.39, 0.29) is 42.0 Å². The highest BCUT2D eigenvalue weighted by Gasteiger charge is 2.48. The fourth-order valence-corrected chi connectivity index (χ4v) is 2.82. The van der Waals surface area contributed by atoms with Gasteiger partial charge in [0.25, 0.3) is 0 Å². The number of carbonyl (C=O) groups excluding carboxylic acids is 2. The van der Waals surface area contributed by atoms with Crippen molar-refractivity contribution in [1.29, 1.82) is 0 Å². The van der Waals surface area contributed by atoms with Crippen LogP contribution in [0.4, 0.5) is 0 Å². The van der Waals surface area contributed by atoms with Crippen LogP contribution in [0.3, 0.4) is 0 Å². The van der Waals surface area contributed by atoms with Gasteiger partial charge >= 0.3 is 0 Å². The number of rotatable bonds is 0. The van der Waals surface area contributed by atoms with Crippen LogP contribution in [-0.4, -0.2) is 72.0 Å². The first-order valence-corrected chi connectivity index (χ1v) is 5.81. The minimum absolute atomic E-state index is 0. The molecule has 2 rings (SSSR count). The van der Waals surface area contributed by atoms with Gasteiger partial charge in [-0.05, 0) is 0 Å². The van der Waals surface area contributed by atoms with Crippen LogP contribution in [0, 0.1) is 0 Å². The van der Waals surface area contributed by atoms with Crippen LogP contribution < -0.4 is 24.0 Å². The van der Waals surface area contributed by atoms with Gasteiger partial charge in [0.15, 0.2) is 6.17 Å². The van der Waals surface area contributed by atoms with Gasteiger partial charge in [0.05, 0.1) is 39.8 Å². The molecule has 2 fully saturated rings. The van der Waals surface area contributed by atoms with Crippen LogP contribution in [0.1, 0.15) is 13.8 Å². The van der Waals surface area contributed by atoms with E-state index < -0.39 is 0 Å². The smallest absolute Gasteiger partial charge is 0.224 e. The number of hydrogen-bond donors (Lipinski definition) is 0. The minimum atomic E-state index is 0. The number of quaternary nitrogens is 1. The lowest BCUT2D eigenvalue weighted by Gasteiger charge is -2.44. The van der Waals surface area contributed by atoms with Gasteiger partial charge in [-0.3, -0.25) is 14.5 Å². The molecule has 0 saturated carbocycles. The average Bonchev–Trinajstić information content (AvgIpc) is 2.53. The average molecular weight is 353 g/mol. The van der Waals surface area contributed by atoms with Gasteiger partial charge in [-0.1, -0.05) is 0 Å². The molecule has 0 N–H and O–H groups in total. The maximum Gasteiger partial charge on any atom is 0.224 e. The third kappa shape index (κ3) is 2.57. The summed E-state index contributed by atoms with van der Waals surface area (Å²) in [4.78, 5) is 26.7. The predicted octanol–water partition coefficient (Wildman–Crippen LogP) is -3.51. The molecule has 98 valence electrons. The van der Waals surface area contributed by atoms with Gasteiger partial charge in [0.1, 0.15) is 0 Å². The van der Waals surface area contributed by atoms with Crippen LogP contribution >= 0.6 is 0 Å². The molecule has 0 aromatic rings. The summed E-state index contributed by atoms with van der Waals surface area (Å²) in [5.41, 5.74) is 0. The van der Waals surface area contributed by atoms with Crippen molar-refractivity contribution in [2.45, 2.75) is 20.0 Å². The largest absolute Gasteiger partial charge is 1.00 e. The Morgan fingerprint density at radius 3 is 2.24 bits per heavy atom. The summed E-state index contributed by atoms with van der Waals surface area (Å²) in [7, 11) is 2.19. The summed E-state index contributed by atoms with van der Waals surface area (Å²) in [5, 5.41) is 0. The second kappa shape index (κ2) is 5.09. The highest BCUT2D eigenvalue weighted by molar-refractivity contribution is 5.75. The molecule has 0 spiro atoms. The molecular weight excluding hydrogens is 333 g/mol. The van der Waals surface area contributed by atoms with E-state index in [2.05, 4.69) is 7.05 Å². The van der Waals surface area contributed by atoms with Crippen molar-refractivity contribution >= 4 is 11.8 Å². The number of carbonyl (C=O) groups is 2. The summed E-state index contributed by atoms with van der Waals surface area (Å²) >= 11 is 0. The molecule has 2 saturated heterocycles. The van der Waals surface area contributed by atoms with Crippen molar-refractivity contribution in [2.75, 3.05) is 39.8 Å². The van der Waals surface area contributed by atoms with Crippen molar-refractivity contribution in [3.8, 4) is 0 Å². The first-order chi connectivity index (χ1) is 7.44. The summed E-state index contributed by atoms with van der Waals surface area (Å²) in [5.74, 6) is 0.235. The van der Waals surface area contributed by atoms with Crippen LogP contribution in [0.2, 0.25) is 0 Å². The van der Waals surface area contributed by atoms with E-state index in [0.29, 0.717) is 6.54 Å². The van der Waals surface area contributed by atoms with Gasteiger partial charge in [-0.2, -0.15) is 0 Å². The Kier molecular flexibility index (Phi) is 4.40. The molecule has 2 atom stereocenters. The molecule has 2 heterocycles. The molecule has 2 aliphatic rings. The van der Waals surface area contributed by atoms with Crippen LogP contribution in [0.15, 0.2) is 0 Å². The fourth-order valence-electron chi connectivity index (χ4n) is 2.82. The Bertz CT molecular complexity index is 337. The van der Waals surface area contributed by atoms with Gasteiger partial charge < -0.3 is 33.4 Å². The van der Waals surface area contributed by atoms with Crippen LogP contribution in [0.5, 0.6) is 0 Å². The number of hydrogen-bond acceptors (Lipinski definition) is 2. The Morgan fingerprint density at radius 1 is 1.12 bits per heavy atom. The van der Waals surface area contributed by atoms with E-state index in [4.69, 9.17) is 0 Å². The predicted molar refractivity (Wildman–Crippen MR) is 59.3 cm³/mol. The number of piperazine rings is 1. The van der Waals surface area contributed by atoms with E-state index in [1.54, 1.807) is 13.8 Å². The standard InChI is InChI=1S/C11H20N3O2.HI/c1-9(15)12-4-6-14(3)7-5-13(10(2)16)11(14)8-12;/h11H,4-8H2,1-3H3;1H/q+1;/p-1. The molecule has 0 aliphatic carbocycles. The molecule has 6 heteroatoms. The van der Waals surface area contributed by atoms with E-state index in [1.165, 1.54) is 0 Å². The number of likely N-dealkylation sites (N-methyl/N-ethyl adjacent to an activating group) is 1.